The molecule has 0 aromatic carbocycles. The Morgan fingerprint density at radius 2 is 2.21 bits per heavy atom. The highest BCUT2D eigenvalue weighted by molar-refractivity contribution is 5.15. The van der Waals surface area contributed by atoms with Crippen molar-refractivity contribution in [2.45, 2.75) is 39.2 Å². The number of rotatable bonds is 5. The molecule has 0 atom stereocenters. The van der Waals surface area contributed by atoms with Crippen molar-refractivity contribution in [2.75, 3.05) is 0 Å². The third kappa shape index (κ3) is 2.52. The van der Waals surface area contributed by atoms with Gasteiger partial charge in [-0.05, 0) is 6.42 Å². The van der Waals surface area contributed by atoms with E-state index in [0.29, 0.717) is 6.54 Å². The van der Waals surface area contributed by atoms with Crippen molar-refractivity contribution in [1.82, 2.24) is 15.0 Å². The molecule has 0 unspecified atom stereocenters. The molecule has 0 aliphatic rings. The van der Waals surface area contributed by atoms with Gasteiger partial charge in [0.05, 0.1) is 0 Å². The van der Waals surface area contributed by atoms with E-state index in [2.05, 4.69) is 17.2 Å². The molecule has 76 valence electrons. The maximum atomic E-state index is 13.2. The van der Waals surface area contributed by atoms with E-state index in [-0.39, 0.29) is 5.69 Å². The first-order chi connectivity index (χ1) is 6.79. The summed E-state index contributed by atoms with van der Waals surface area (Å²) in [6.45, 7) is 2.62. The molecule has 0 aliphatic heterocycles. The zero-order valence-electron chi connectivity index (χ0n) is 8.20. The van der Waals surface area contributed by atoms with Gasteiger partial charge in [0, 0.05) is 6.54 Å². The topological polar surface area (TPSA) is 54.5 Å². The van der Waals surface area contributed by atoms with E-state index >= 15 is 0 Å². The van der Waals surface area contributed by atoms with E-state index in [4.69, 9.17) is 5.26 Å². The number of hydrogen-bond donors (Lipinski definition) is 0. The van der Waals surface area contributed by atoms with Crippen LogP contribution in [-0.2, 0) is 6.54 Å². The van der Waals surface area contributed by atoms with Gasteiger partial charge >= 0.3 is 0 Å². The average molecular weight is 196 g/mol. The SMILES string of the molecule is CCCCCCn1nnc(C#N)c1F. The molecule has 0 bridgehead atoms. The minimum atomic E-state index is -0.621. The van der Waals surface area contributed by atoms with Gasteiger partial charge in [-0.25, -0.2) is 4.68 Å². The van der Waals surface area contributed by atoms with Crippen LogP contribution in [0.1, 0.15) is 38.3 Å². The van der Waals surface area contributed by atoms with E-state index in [1.807, 2.05) is 0 Å². The first kappa shape index (κ1) is 10.6. The number of nitriles is 1. The van der Waals surface area contributed by atoms with Crippen LogP contribution in [0.4, 0.5) is 4.39 Å². The number of unbranched alkanes of at least 4 members (excludes halogenated alkanes) is 3. The van der Waals surface area contributed by atoms with Crippen molar-refractivity contribution in [2.24, 2.45) is 0 Å². The molecule has 0 saturated heterocycles. The summed E-state index contributed by atoms with van der Waals surface area (Å²) in [6.07, 6.45) is 4.21. The molecule has 1 aromatic rings. The van der Waals surface area contributed by atoms with Crippen LogP contribution < -0.4 is 0 Å². The van der Waals surface area contributed by atoms with Gasteiger partial charge < -0.3 is 0 Å². The van der Waals surface area contributed by atoms with Crippen molar-refractivity contribution in [3.05, 3.63) is 11.6 Å². The number of aryl methyl sites for hydroxylation is 1. The lowest BCUT2D eigenvalue weighted by Gasteiger charge is -1.99. The minimum absolute atomic E-state index is 0.222. The lowest BCUT2D eigenvalue weighted by atomic mass is 10.2. The Balaban J connectivity index is 2.44. The quantitative estimate of drug-likeness (QED) is 0.675. The Kier molecular flexibility index (Phi) is 4.05. The van der Waals surface area contributed by atoms with Crippen molar-refractivity contribution in [1.29, 1.82) is 5.26 Å². The third-order valence-electron chi connectivity index (χ3n) is 2.00. The summed E-state index contributed by atoms with van der Waals surface area (Å²) in [5, 5.41) is 15.4. The fourth-order valence-corrected chi connectivity index (χ4v) is 1.20. The second kappa shape index (κ2) is 5.32. The van der Waals surface area contributed by atoms with Crippen LogP contribution in [0.15, 0.2) is 0 Å². The molecule has 1 heterocycles. The van der Waals surface area contributed by atoms with Gasteiger partial charge in [0.1, 0.15) is 6.07 Å². The van der Waals surface area contributed by atoms with Crippen molar-refractivity contribution in [3.8, 4) is 6.07 Å². The molecule has 5 heteroatoms. The zero-order valence-corrected chi connectivity index (χ0v) is 8.20. The highest BCUT2D eigenvalue weighted by Crippen LogP contribution is 2.05. The van der Waals surface area contributed by atoms with Gasteiger partial charge in [-0.2, -0.15) is 9.65 Å². The largest absolute Gasteiger partial charge is 0.250 e. The molecule has 0 N–H and O–H groups in total. The average Bonchev–Trinajstić information content (AvgIpc) is 2.55. The predicted molar refractivity (Wildman–Crippen MR) is 48.8 cm³/mol. The van der Waals surface area contributed by atoms with Crippen LogP contribution in [0.3, 0.4) is 0 Å². The third-order valence-corrected chi connectivity index (χ3v) is 2.00. The first-order valence-corrected chi connectivity index (χ1v) is 4.78. The summed E-state index contributed by atoms with van der Waals surface area (Å²) < 4.78 is 14.3. The lowest BCUT2D eigenvalue weighted by Crippen LogP contribution is -2.03. The Bertz CT molecular complexity index is 326. The van der Waals surface area contributed by atoms with E-state index in [9.17, 15) is 4.39 Å². The van der Waals surface area contributed by atoms with Crippen LogP contribution in [0.25, 0.3) is 0 Å². The normalized spacial score (nSPS) is 10.1. The smallest absolute Gasteiger partial charge is 0.218 e. The minimum Gasteiger partial charge on any atom is -0.218 e. The van der Waals surface area contributed by atoms with Crippen molar-refractivity contribution in [3.63, 3.8) is 0 Å². The number of halogens is 1. The summed E-state index contributed by atoms with van der Waals surface area (Å²) in [5.74, 6) is -0.621. The van der Waals surface area contributed by atoms with Gasteiger partial charge in [-0.3, -0.25) is 0 Å². The van der Waals surface area contributed by atoms with E-state index in [0.717, 1.165) is 30.4 Å². The highest BCUT2D eigenvalue weighted by atomic mass is 19.1. The van der Waals surface area contributed by atoms with Crippen molar-refractivity contribution < 1.29 is 4.39 Å². The van der Waals surface area contributed by atoms with Crippen LogP contribution in [0.2, 0.25) is 0 Å². The molecule has 1 rings (SSSR count). The van der Waals surface area contributed by atoms with E-state index in [1.165, 1.54) is 0 Å². The molecule has 1 aromatic heterocycles. The summed E-state index contributed by atoms with van der Waals surface area (Å²) in [4.78, 5) is 0. The van der Waals surface area contributed by atoms with Gasteiger partial charge in [0.25, 0.3) is 0 Å². The van der Waals surface area contributed by atoms with Crippen LogP contribution in [-0.4, -0.2) is 15.0 Å². The van der Waals surface area contributed by atoms with Crippen molar-refractivity contribution >= 4 is 0 Å². The Labute approximate surface area is 82.3 Å². The molecule has 0 radical (unpaired) electrons. The standard InChI is InChI=1S/C9H13FN4/c1-2-3-4-5-6-14-9(10)8(7-11)12-13-14/h2-6H2,1H3. The number of hydrogen-bond acceptors (Lipinski definition) is 3. The Morgan fingerprint density at radius 1 is 1.43 bits per heavy atom. The second-order valence-corrected chi connectivity index (χ2v) is 3.12. The van der Waals surface area contributed by atoms with E-state index in [1.54, 1.807) is 6.07 Å². The zero-order chi connectivity index (χ0) is 10.4. The molecule has 0 spiro atoms. The fraction of sp³-hybridized carbons (Fsp3) is 0.667. The number of aromatic nitrogens is 3. The van der Waals surface area contributed by atoms with Gasteiger partial charge in [0.15, 0.2) is 0 Å². The molecule has 0 amide bonds. The van der Waals surface area contributed by atoms with Crippen LogP contribution in [0.5, 0.6) is 0 Å². The molecule has 4 nitrogen and oxygen atoms in total. The summed E-state index contributed by atoms with van der Waals surface area (Å²) in [6, 6.07) is 1.65. The predicted octanol–water partition coefficient (Wildman–Crippen LogP) is 1.87. The van der Waals surface area contributed by atoms with Crippen LogP contribution >= 0.6 is 0 Å². The monoisotopic (exact) mass is 196 g/mol. The fourth-order valence-electron chi connectivity index (χ4n) is 1.20. The summed E-state index contributed by atoms with van der Waals surface area (Å²) in [7, 11) is 0. The lowest BCUT2D eigenvalue weighted by molar-refractivity contribution is 0.431. The molecule has 0 saturated carbocycles. The highest BCUT2D eigenvalue weighted by Gasteiger charge is 2.10. The Morgan fingerprint density at radius 3 is 2.79 bits per heavy atom. The van der Waals surface area contributed by atoms with Gasteiger partial charge in [-0.1, -0.05) is 31.4 Å². The Hall–Kier alpha value is -1.44. The second-order valence-electron chi connectivity index (χ2n) is 3.12. The summed E-state index contributed by atoms with van der Waals surface area (Å²) >= 11 is 0. The molecule has 0 aliphatic carbocycles. The molecule has 0 fully saturated rings. The maximum absolute atomic E-state index is 13.2. The molecular weight excluding hydrogens is 183 g/mol. The molecular formula is C9H13FN4. The maximum Gasteiger partial charge on any atom is 0.250 e. The van der Waals surface area contributed by atoms with E-state index < -0.39 is 5.95 Å². The summed E-state index contributed by atoms with van der Waals surface area (Å²) in [5.41, 5.74) is -0.222. The first-order valence-electron chi connectivity index (χ1n) is 4.78. The number of nitrogens with zero attached hydrogens (tertiary/aromatic N) is 4. The van der Waals surface area contributed by atoms with Crippen LogP contribution in [0, 0.1) is 17.3 Å². The van der Waals surface area contributed by atoms with Gasteiger partial charge in [0.2, 0.25) is 11.6 Å². The molecule has 14 heavy (non-hydrogen) atoms. The van der Waals surface area contributed by atoms with Gasteiger partial charge in [-0.15, -0.1) is 5.10 Å².